The number of ether oxygens (including phenoxy) is 3. The Bertz CT molecular complexity index is 970. The van der Waals surface area contributed by atoms with E-state index in [0.717, 1.165) is 31.4 Å². The minimum Gasteiger partial charge on any atom is -0.489 e. The van der Waals surface area contributed by atoms with E-state index >= 15 is 0 Å². The van der Waals surface area contributed by atoms with Crippen molar-refractivity contribution in [2.24, 2.45) is 0 Å². The van der Waals surface area contributed by atoms with Crippen molar-refractivity contribution in [2.75, 3.05) is 14.2 Å². The summed E-state index contributed by atoms with van der Waals surface area (Å²) in [6.07, 6.45) is 3.86. The summed E-state index contributed by atoms with van der Waals surface area (Å²) < 4.78 is 17.9. The largest absolute Gasteiger partial charge is 0.489 e. The van der Waals surface area contributed by atoms with Gasteiger partial charge in [-0.05, 0) is 72.7 Å². The number of rotatable bonds is 6. The van der Waals surface area contributed by atoms with Crippen molar-refractivity contribution in [2.45, 2.75) is 50.4 Å². The lowest BCUT2D eigenvalue weighted by Gasteiger charge is -2.43. The van der Waals surface area contributed by atoms with Crippen LogP contribution >= 0.6 is 0 Å². The molecule has 29 heavy (non-hydrogen) atoms. The van der Waals surface area contributed by atoms with Crippen molar-refractivity contribution < 1.29 is 14.2 Å². The van der Waals surface area contributed by atoms with E-state index in [2.05, 4.69) is 67.6 Å². The molecular weight excluding hydrogens is 360 g/mol. The van der Waals surface area contributed by atoms with E-state index < -0.39 is 0 Å². The lowest BCUT2D eigenvalue weighted by Crippen LogP contribution is -2.41. The number of benzene rings is 3. The van der Waals surface area contributed by atoms with Gasteiger partial charge in [0.05, 0.1) is 11.2 Å². The molecule has 0 amide bonds. The lowest BCUT2D eigenvalue weighted by atomic mass is 9.73. The molecule has 3 aromatic rings. The fourth-order valence-electron chi connectivity index (χ4n) is 4.36. The summed E-state index contributed by atoms with van der Waals surface area (Å²) >= 11 is 0. The first-order valence-electron chi connectivity index (χ1n) is 10.4. The van der Waals surface area contributed by atoms with Gasteiger partial charge in [-0.25, -0.2) is 0 Å². The molecule has 3 heteroatoms. The Morgan fingerprint density at radius 2 is 1.52 bits per heavy atom. The highest BCUT2D eigenvalue weighted by molar-refractivity contribution is 5.82. The first-order chi connectivity index (χ1) is 14.1. The Morgan fingerprint density at radius 1 is 0.759 bits per heavy atom. The molecule has 1 saturated carbocycles. The highest BCUT2D eigenvalue weighted by atomic mass is 16.5. The Kier molecular flexibility index (Phi) is 5.62. The Balaban J connectivity index is 1.49. The fourth-order valence-corrected chi connectivity index (χ4v) is 4.36. The number of hydrogen-bond donors (Lipinski definition) is 0. The zero-order chi connectivity index (χ0) is 20.3. The quantitative estimate of drug-likeness (QED) is 0.499. The van der Waals surface area contributed by atoms with Crippen molar-refractivity contribution >= 4 is 10.8 Å². The summed E-state index contributed by atoms with van der Waals surface area (Å²) in [6, 6.07) is 23.3. The van der Waals surface area contributed by atoms with Gasteiger partial charge in [-0.15, -0.1) is 0 Å². The minimum atomic E-state index is -0.264. The molecule has 0 aromatic heterocycles. The van der Waals surface area contributed by atoms with Crippen LogP contribution in [-0.4, -0.2) is 19.8 Å². The van der Waals surface area contributed by atoms with Crippen LogP contribution < -0.4 is 4.74 Å². The predicted molar refractivity (Wildman–Crippen MR) is 117 cm³/mol. The van der Waals surface area contributed by atoms with Gasteiger partial charge in [0.2, 0.25) is 0 Å². The van der Waals surface area contributed by atoms with Crippen LogP contribution in [0, 0.1) is 0 Å². The van der Waals surface area contributed by atoms with Crippen molar-refractivity contribution in [1.29, 1.82) is 0 Å². The topological polar surface area (TPSA) is 27.7 Å². The van der Waals surface area contributed by atoms with E-state index in [0.29, 0.717) is 6.61 Å². The molecule has 1 fully saturated rings. The molecule has 1 aliphatic carbocycles. The van der Waals surface area contributed by atoms with Gasteiger partial charge in [0.15, 0.2) is 0 Å². The third kappa shape index (κ3) is 4.17. The van der Waals surface area contributed by atoms with Gasteiger partial charge in [-0.3, -0.25) is 0 Å². The highest BCUT2D eigenvalue weighted by Gasteiger charge is 2.42. The number of methoxy groups -OCH3 is 2. The zero-order valence-electron chi connectivity index (χ0n) is 17.6. The van der Waals surface area contributed by atoms with E-state index in [4.69, 9.17) is 14.2 Å². The Labute approximate surface area is 173 Å². The predicted octanol–water partition coefficient (Wildman–Crippen LogP) is 6.24. The first kappa shape index (κ1) is 19.9. The molecule has 4 rings (SSSR count). The van der Waals surface area contributed by atoms with Crippen molar-refractivity contribution in [3.05, 3.63) is 77.9 Å². The standard InChI is InChI=1S/C26H30O3/c1-25(27-2)13-15-26(28-3,16-14-25)23-9-6-10-24(18-23)29-19-20-11-12-21-7-4-5-8-22(21)17-20/h4-12,17-18H,13-16,19H2,1-3H3/t25-,26+. The maximum absolute atomic E-state index is 6.14. The summed E-state index contributed by atoms with van der Waals surface area (Å²) in [7, 11) is 3.62. The van der Waals surface area contributed by atoms with Gasteiger partial charge >= 0.3 is 0 Å². The third-order valence-electron chi connectivity index (χ3n) is 6.58. The molecular formula is C26H30O3. The molecule has 0 N–H and O–H groups in total. The number of hydrogen-bond acceptors (Lipinski definition) is 3. The van der Waals surface area contributed by atoms with Crippen LogP contribution in [0.2, 0.25) is 0 Å². The molecule has 0 heterocycles. The molecule has 152 valence electrons. The van der Waals surface area contributed by atoms with Gasteiger partial charge in [-0.2, -0.15) is 0 Å². The molecule has 0 atom stereocenters. The first-order valence-corrected chi connectivity index (χ1v) is 10.4. The second-order valence-corrected chi connectivity index (χ2v) is 8.35. The lowest BCUT2D eigenvalue weighted by molar-refractivity contribution is -0.111. The summed E-state index contributed by atoms with van der Waals surface area (Å²) in [5.74, 6) is 0.882. The molecule has 3 aromatic carbocycles. The molecule has 3 nitrogen and oxygen atoms in total. The maximum atomic E-state index is 6.14. The molecule has 0 saturated heterocycles. The van der Waals surface area contributed by atoms with E-state index in [1.807, 2.05) is 13.2 Å². The van der Waals surface area contributed by atoms with Gasteiger partial charge in [-0.1, -0.05) is 48.5 Å². The summed E-state index contributed by atoms with van der Waals surface area (Å²) in [6.45, 7) is 2.74. The normalized spacial score (nSPS) is 24.5. The van der Waals surface area contributed by atoms with Gasteiger partial charge in [0, 0.05) is 14.2 Å². The van der Waals surface area contributed by atoms with Crippen LogP contribution in [0.1, 0.15) is 43.7 Å². The highest BCUT2D eigenvalue weighted by Crippen LogP contribution is 2.45. The summed E-state index contributed by atoms with van der Waals surface area (Å²) in [4.78, 5) is 0. The second kappa shape index (κ2) is 8.17. The molecule has 0 unspecified atom stereocenters. The molecule has 0 spiro atoms. The van der Waals surface area contributed by atoms with E-state index in [1.165, 1.54) is 21.9 Å². The van der Waals surface area contributed by atoms with Gasteiger partial charge in [0.25, 0.3) is 0 Å². The van der Waals surface area contributed by atoms with Crippen LogP contribution in [-0.2, 0) is 21.7 Å². The average molecular weight is 391 g/mol. The van der Waals surface area contributed by atoms with Gasteiger partial charge in [0.1, 0.15) is 12.4 Å². The van der Waals surface area contributed by atoms with E-state index in [-0.39, 0.29) is 11.2 Å². The van der Waals surface area contributed by atoms with Crippen molar-refractivity contribution in [1.82, 2.24) is 0 Å². The summed E-state index contributed by atoms with van der Waals surface area (Å²) in [5, 5.41) is 2.49. The molecule has 0 aliphatic heterocycles. The zero-order valence-corrected chi connectivity index (χ0v) is 17.6. The van der Waals surface area contributed by atoms with Crippen LogP contribution in [0.5, 0.6) is 5.75 Å². The van der Waals surface area contributed by atoms with Crippen LogP contribution in [0.3, 0.4) is 0 Å². The van der Waals surface area contributed by atoms with E-state index in [1.54, 1.807) is 7.11 Å². The van der Waals surface area contributed by atoms with Crippen LogP contribution in [0.4, 0.5) is 0 Å². The van der Waals surface area contributed by atoms with Crippen molar-refractivity contribution in [3.8, 4) is 5.75 Å². The van der Waals surface area contributed by atoms with Crippen LogP contribution in [0.15, 0.2) is 66.7 Å². The second-order valence-electron chi connectivity index (χ2n) is 8.35. The maximum Gasteiger partial charge on any atom is 0.120 e. The Morgan fingerprint density at radius 3 is 2.24 bits per heavy atom. The van der Waals surface area contributed by atoms with Crippen molar-refractivity contribution in [3.63, 3.8) is 0 Å². The molecule has 0 bridgehead atoms. The smallest absolute Gasteiger partial charge is 0.120 e. The van der Waals surface area contributed by atoms with Crippen LogP contribution in [0.25, 0.3) is 10.8 Å². The molecule has 0 radical (unpaired) electrons. The van der Waals surface area contributed by atoms with E-state index in [9.17, 15) is 0 Å². The average Bonchev–Trinajstić information content (AvgIpc) is 2.78. The molecule has 1 aliphatic rings. The minimum absolute atomic E-state index is 0.0494. The summed E-state index contributed by atoms with van der Waals surface area (Å²) in [5.41, 5.74) is 2.05. The van der Waals surface area contributed by atoms with Gasteiger partial charge < -0.3 is 14.2 Å². The third-order valence-corrected chi connectivity index (χ3v) is 6.58. The monoisotopic (exact) mass is 390 g/mol. The number of fused-ring (bicyclic) bond motifs is 1. The fraction of sp³-hybridized carbons (Fsp3) is 0.385. The SMILES string of the molecule is CO[C@]1(C)CC[C@@](OC)(c2cccc(OCc3ccc4ccccc4c3)c2)CC1. The Hall–Kier alpha value is -2.36.